The Morgan fingerprint density at radius 3 is 1.22 bits per heavy atom. The zero-order valence-electron chi connectivity index (χ0n) is 64.2. The summed E-state index contributed by atoms with van der Waals surface area (Å²) >= 11 is 3.37. The van der Waals surface area contributed by atoms with Gasteiger partial charge in [-0.05, 0) is 114 Å². The number of nitrogens with zero attached hydrogens (tertiary/aromatic N) is 6. The van der Waals surface area contributed by atoms with Crippen molar-refractivity contribution in [2.75, 3.05) is 0 Å². The van der Waals surface area contributed by atoms with E-state index in [2.05, 4.69) is 133 Å². The number of aliphatic hydroxyl groups excluding tert-OH is 3. The van der Waals surface area contributed by atoms with Crippen molar-refractivity contribution in [3.8, 4) is 43.7 Å². The molecule has 19 heteroatoms. The fourth-order valence-electron chi connectivity index (χ4n) is 9.85. The van der Waals surface area contributed by atoms with Gasteiger partial charge >= 0.3 is 0 Å². The molecule has 7 aromatic heterocycles. The van der Waals surface area contributed by atoms with E-state index in [0.29, 0.717) is 0 Å². The first-order valence-electron chi connectivity index (χ1n) is 34.9. The third-order valence-corrected chi connectivity index (χ3v) is 17.1. The average Bonchev–Trinajstić information content (AvgIpc) is 1.10. The molecule has 114 heavy (non-hydrogen) atoms. The molecule has 0 saturated heterocycles. The number of para-hydroxylation sites is 2. The second-order valence-electron chi connectivity index (χ2n) is 26.3. The summed E-state index contributed by atoms with van der Waals surface area (Å²) in [5.41, 5.74) is 9.48. The zero-order chi connectivity index (χ0) is 78.0. The van der Waals surface area contributed by atoms with Crippen LogP contribution >= 0.6 is 22.7 Å². The van der Waals surface area contributed by atoms with Crippen molar-refractivity contribution in [1.82, 2.24) is 29.9 Å². The van der Waals surface area contributed by atoms with Crippen LogP contribution in [0.4, 0.5) is 0 Å². The fraction of sp³-hybridized carbons (Fsp3) is 0.126. The van der Waals surface area contributed by atoms with Crippen molar-refractivity contribution in [2.45, 2.75) is 69.2 Å². The van der Waals surface area contributed by atoms with Crippen LogP contribution in [0, 0.1) is 47.2 Å². The van der Waals surface area contributed by atoms with Crippen molar-refractivity contribution >= 4 is 104 Å². The Morgan fingerprint density at radius 2 is 0.781 bits per heavy atom. The molecule has 0 aliphatic rings. The number of aromatic nitrogens is 6. The molecule has 12 nitrogen and oxygen atoms in total. The molecule has 16 aromatic rings. The van der Waals surface area contributed by atoms with Gasteiger partial charge in [0.1, 0.15) is 5.76 Å². The van der Waals surface area contributed by atoms with Gasteiger partial charge < -0.3 is 35.3 Å². The molecule has 593 valence electrons. The van der Waals surface area contributed by atoms with Gasteiger partial charge in [0.15, 0.2) is 17.3 Å². The SMILES string of the molecule is CC(=O)C=C(C)O.CC(=O)C=C(C)O.CC(C)(C)C(=O)C=C(O)C(C)(C)C.[Ir].[Ir].[Ir].[Ir].[Ir].[c-]1cccc2ccc3cccnc3c12.[c-]1cccc2ccc3cccnc3c12.[c-]1ccccc1-c1ccc2ccccc2n1.[c-]1ccccc1-c1ccccn1.[c-]1ccccc1-c1nc2ccccc2s1.[c-]1ccsc1-c1ccccn1. The minimum Gasteiger partial charge on any atom is -0.512 e. The van der Waals surface area contributed by atoms with E-state index in [9.17, 15) is 19.5 Å². The number of allylic oxidation sites excluding steroid dienone is 6. The number of carbonyl (C=O) groups excluding carboxylic acids is 3. The van der Waals surface area contributed by atoms with Gasteiger partial charge in [0.2, 0.25) is 0 Å². The van der Waals surface area contributed by atoms with Gasteiger partial charge in [0.05, 0.1) is 22.6 Å². The van der Waals surface area contributed by atoms with Gasteiger partial charge in [-0.3, -0.25) is 24.4 Å². The van der Waals surface area contributed by atoms with E-state index in [-0.39, 0.29) is 141 Å². The van der Waals surface area contributed by atoms with Crippen molar-refractivity contribution in [1.29, 1.82) is 0 Å². The number of ketones is 3. The van der Waals surface area contributed by atoms with Gasteiger partial charge in [-0.15, -0.1) is 183 Å². The molecular weight excluding hydrogens is 2350 g/mol. The van der Waals surface area contributed by atoms with Gasteiger partial charge in [-0.2, -0.15) is 23.5 Å². The summed E-state index contributed by atoms with van der Waals surface area (Å²) in [6.07, 6.45) is 10.9. The van der Waals surface area contributed by atoms with Crippen molar-refractivity contribution < 1.29 is 130 Å². The van der Waals surface area contributed by atoms with Crippen LogP contribution in [-0.2, 0) is 115 Å². The van der Waals surface area contributed by atoms with E-state index in [1.165, 1.54) is 77.6 Å². The molecule has 0 atom stereocenters. The largest absolute Gasteiger partial charge is 0.512 e. The second-order valence-corrected chi connectivity index (χ2v) is 28.2. The van der Waals surface area contributed by atoms with Crippen molar-refractivity contribution in [3.63, 3.8) is 0 Å². The topological polar surface area (TPSA) is 189 Å². The van der Waals surface area contributed by atoms with Gasteiger partial charge in [-0.25, -0.2) is 11.3 Å². The molecule has 0 unspecified atom stereocenters. The monoisotopic (exact) mass is 2430 g/mol. The van der Waals surface area contributed by atoms with E-state index >= 15 is 0 Å². The van der Waals surface area contributed by atoms with Crippen LogP contribution < -0.4 is 0 Å². The number of benzene rings is 9. The molecule has 0 fully saturated rings. The van der Waals surface area contributed by atoms with E-state index in [4.69, 9.17) is 10.2 Å². The Kier molecular flexibility index (Phi) is 44.5. The first-order chi connectivity index (χ1) is 52.5. The number of thiazole rings is 1. The Morgan fingerprint density at radius 1 is 0.360 bits per heavy atom. The third kappa shape index (κ3) is 33.1. The molecule has 0 aliphatic carbocycles. The Hall–Kier alpha value is -9.50. The van der Waals surface area contributed by atoms with E-state index in [1.807, 2.05) is 253 Å². The smallest absolute Gasteiger partial charge is 0.164 e. The number of fused-ring (bicyclic) bond motifs is 8. The van der Waals surface area contributed by atoms with Crippen LogP contribution in [0.1, 0.15) is 69.2 Å². The second kappa shape index (κ2) is 51.4. The third-order valence-electron chi connectivity index (χ3n) is 15.2. The first-order valence-corrected chi connectivity index (χ1v) is 36.6. The molecule has 5 radical (unpaired) electrons. The molecule has 7 heterocycles. The van der Waals surface area contributed by atoms with Crippen LogP contribution in [0.2, 0.25) is 0 Å². The van der Waals surface area contributed by atoms with E-state index < -0.39 is 5.41 Å². The Bertz CT molecular complexity index is 5310. The summed E-state index contributed by atoms with van der Waals surface area (Å²) in [5, 5.41) is 37.4. The average molecular weight is 2430 g/mol. The number of hydrogen-bond acceptors (Lipinski definition) is 14. The Balaban J connectivity index is 0.000000334. The first kappa shape index (κ1) is 98.7. The number of carbonyl (C=O) groups is 3. The van der Waals surface area contributed by atoms with Gasteiger partial charge in [-0.1, -0.05) is 150 Å². The number of aliphatic hydroxyl groups is 3. The normalized spacial score (nSPS) is 10.6. The minimum atomic E-state index is -0.417. The maximum absolute atomic E-state index is 11.5. The molecule has 0 amide bonds. The van der Waals surface area contributed by atoms with Crippen LogP contribution in [0.15, 0.2) is 327 Å². The Labute approximate surface area is 744 Å². The summed E-state index contributed by atoms with van der Waals surface area (Å²) in [4.78, 5) is 59.0. The maximum atomic E-state index is 11.5. The van der Waals surface area contributed by atoms with E-state index in [0.717, 1.165) is 76.5 Å². The molecule has 0 spiro atoms. The summed E-state index contributed by atoms with van der Waals surface area (Å²) in [6, 6.07) is 105. The summed E-state index contributed by atoms with van der Waals surface area (Å²) < 4.78 is 1.23. The predicted octanol–water partition coefficient (Wildman–Crippen LogP) is 24.2. The predicted molar refractivity (Wildman–Crippen MR) is 450 cm³/mol. The number of thiophene rings is 1. The standard InChI is InChI=1S/C15H10N.C13H8NS.2C13H8N.C11H8N.C11H20O2.C9H6NS.2C5H8O2.5Ir/c1-2-6-12(7-3-1)15-11-10-13-8-4-5-9-14(13)16-15;1-2-6-10(7-3-1)13-14-11-8-4-5-9-12(11)15-13;2*1-2-6-12-10(4-1)7-8-11-5-3-9-14-13(11)12;1-2-6-10(7-3-1)11-8-4-5-9-12-11;1-10(2,3)8(12)7-9(13)11(4,5)6;1-2-6-10-8(4-1)9-5-3-7-11-9;2*1-4(6)3-5(2)7;;;;;/h1-6,8-11H;1-6,8-9H;2*1-5,7-9H;1-6,8-9H;7,12H,1-6H3;1-4,6-7H;2*3,6H,1-2H3;;;;;/q5*-1;;-1;;;;;;;. The molecule has 3 N–H and O–H groups in total. The van der Waals surface area contributed by atoms with Crippen LogP contribution in [0.25, 0.3) is 108 Å². The molecule has 0 bridgehead atoms. The van der Waals surface area contributed by atoms with Crippen molar-refractivity contribution in [2.24, 2.45) is 10.8 Å². The number of hydrogen-bond donors (Lipinski definition) is 3. The summed E-state index contributed by atoms with van der Waals surface area (Å²) in [5.74, 6) is -0.0210. The number of rotatable bonds is 7. The van der Waals surface area contributed by atoms with Gasteiger partial charge in [0, 0.05) is 164 Å². The molecule has 0 aliphatic heterocycles. The van der Waals surface area contributed by atoms with Crippen LogP contribution in [0.5, 0.6) is 0 Å². The van der Waals surface area contributed by atoms with Crippen LogP contribution in [-0.4, -0.2) is 62.6 Å². The molecular formula is C95H84Ir5N6O6S2-6. The van der Waals surface area contributed by atoms with Crippen molar-refractivity contribution in [3.05, 3.63) is 363 Å². The minimum absolute atomic E-state index is 0. The summed E-state index contributed by atoms with van der Waals surface area (Å²) in [6.45, 7) is 16.8. The molecule has 16 rings (SSSR count). The maximum Gasteiger partial charge on any atom is 0.164 e. The number of pyridine rings is 5. The molecule has 0 saturated carbocycles. The zero-order valence-corrected chi connectivity index (χ0v) is 77.8. The van der Waals surface area contributed by atoms with Crippen LogP contribution in [0.3, 0.4) is 0 Å². The van der Waals surface area contributed by atoms with E-state index in [1.54, 1.807) is 35.1 Å². The molecule has 9 aromatic carbocycles. The fourth-order valence-corrected chi connectivity index (χ4v) is 11.5. The van der Waals surface area contributed by atoms with Gasteiger partial charge in [0.25, 0.3) is 0 Å². The summed E-state index contributed by atoms with van der Waals surface area (Å²) in [7, 11) is 0. The quantitative estimate of drug-likeness (QED) is 0.0593.